The van der Waals surface area contributed by atoms with Crippen molar-refractivity contribution in [3.63, 3.8) is 0 Å². The van der Waals surface area contributed by atoms with Crippen LogP contribution in [0.25, 0.3) is 0 Å². The summed E-state index contributed by atoms with van der Waals surface area (Å²) < 4.78 is 5.20. The van der Waals surface area contributed by atoms with Gasteiger partial charge in [0.25, 0.3) is 0 Å². The predicted octanol–water partition coefficient (Wildman–Crippen LogP) is 2.28. The van der Waals surface area contributed by atoms with Gasteiger partial charge in [-0.1, -0.05) is 19.8 Å². The molecule has 3 heteroatoms. The van der Waals surface area contributed by atoms with Crippen LogP contribution in [-0.2, 0) is 0 Å². The first-order chi connectivity index (χ1) is 6.79. The lowest BCUT2D eigenvalue weighted by Crippen LogP contribution is -2.13. The molecule has 1 aromatic heterocycles. The summed E-state index contributed by atoms with van der Waals surface area (Å²) in [5.74, 6) is 0.788. The smallest absolute Gasteiger partial charge is 0.141 e. The third kappa shape index (κ3) is 2.70. The summed E-state index contributed by atoms with van der Waals surface area (Å²) in [5.41, 5.74) is 6.88. The summed E-state index contributed by atoms with van der Waals surface area (Å²) in [6, 6.07) is 3.74. The highest BCUT2D eigenvalue weighted by Gasteiger charge is 2.11. The van der Waals surface area contributed by atoms with E-state index in [1.54, 1.807) is 13.3 Å². The molecule has 0 spiro atoms. The highest BCUT2D eigenvalue weighted by Crippen LogP contribution is 2.23. The van der Waals surface area contributed by atoms with E-state index in [2.05, 4.69) is 11.9 Å². The standard InChI is InChI=1S/C11H18N2O/c1-3-4-6-9(12)11-10(14-2)7-5-8-13-11/h5,7-9H,3-4,6,12H2,1-2H3/t9-/m0/s1. The van der Waals surface area contributed by atoms with Crippen LogP contribution < -0.4 is 10.5 Å². The Balaban J connectivity index is 2.72. The van der Waals surface area contributed by atoms with E-state index in [4.69, 9.17) is 10.5 Å². The van der Waals surface area contributed by atoms with Crippen LogP contribution >= 0.6 is 0 Å². The molecule has 0 saturated heterocycles. The first kappa shape index (κ1) is 11.0. The second kappa shape index (κ2) is 5.60. The number of ether oxygens (including phenoxy) is 1. The quantitative estimate of drug-likeness (QED) is 0.782. The molecule has 1 atom stereocenters. The van der Waals surface area contributed by atoms with Crippen LogP contribution in [0.2, 0.25) is 0 Å². The van der Waals surface area contributed by atoms with Gasteiger partial charge in [-0.3, -0.25) is 4.98 Å². The van der Waals surface area contributed by atoms with Crippen LogP contribution in [0, 0.1) is 0 Å². The van der Waals surface area contributed by atoms with Crippen molar-refractivity contribution in [1.29, 1.82) is 0 Å². The second-order valence-corrected chi connectivity index (χ2v) is 3.34. The Labute approximate surface area is 85.3 Å². The van der Waals surface area contributed by atoms with Gasteiger partial charge in [0, 0.05) is 6.20 Å². The molecule has 0 amide bonds. The van der Waals surface area contributed by atoms with Gasteiger partial charge >= 0.3 is 0 Å². The first-order valence-corrected chi connectivity index (χ1v) is 5.04. The minimum absolute atomic E-state index is 0.00824. The number of hydrogen-bond donors (Lipinski definition) is 1. The first-order valence-electron chi connectivity index (χ1n) is 5.04. The van der Waals surface area contributed by atoms with E-state index >= 15 is 0 Å². The maximum absolute atomic E-state index is 6.01. The Morgan fingerprint density at radius 3 is 3.00 bits per heavy atom. The number of pyridine rings is 1. The maximum Gasteiger partial charge on any atom is 0.141 e. The summed E-state index contributed by atoms with van der Waals surface area (Å²) in [6.07, 6.45) is 5.00. The number of rotatable bonds is 5. The third-order valence-corrected chi connectivity index (χ3v) is 2.24. The van der Waals surface area contributed by atoms with Crippen molar-refractivity contribution in [3.8, 4) is 5.75 Å². The molecular formula is C11H18N2O. The summed E-state index contributed by atoms with van der Waals surface area (Å²) in [5, 5.41) is 0. The normalized spacial score (nSPS) is 12.5. The lowest BCUT2D eigenvalue weighted by Gasteiger charge is -2.13. The molecule has 0 fully saturated rings. The van der Waals surface area contributed by atoms with Gasteiger partial charge in [-0.25, -0.2) is 0 Å². The molecule has 78 valence electrons. The number of methoxy groups -OCH3 is 1. The van der Waals surface area contributed by atoms with Gasteiger partial charge in [-0.2, -0.15) is 0 Å². The number of hydrogen-bond acceptors (Lipinski definition) is 3. The van der Waals surface area contributed by atoms with Crippen LogP contribution in [0.15, 0.2) is 18.3 Å². The lowest BCUT2D eigenvalue weighted by atomic mass is 10.1. The van der Waals surface area contributed by atoms with Gasteiger partial charge in [0.15, 0.2) is 0 Å². The molecule has 0 aromatic carbocycles. The zero-order valence-electron chi connectivity index (χ0n) is 8.86. The minimum atomic E-state index is -0.00824. The van der Waals surface area contributed by atoms with E-state index in [0.717, 1.165) is 30.7 Å². The molecule has 1 rings (SSSR count). The highest BCUT2D eigenvalue weighted by molar-refractivity contribution is 5.29. The fourth-order valence-corrected chi connectivity index (χ4v) is 1.41. The van der Waals surface area contributed by atoms with Crippen LogP contribution in [0.1, 0.15) is 37.9 Å². The third-order valence-electron chi connectivity index (χ3n) is 2.24. The number of unbranched alkanes of at least 4 members (excludes halogenated alkanes) is 1. The van der Waals surface area contributed by atoms with Gasteiger partial charge in [0.2, 0.25) is 0 Å². The molecule has 0 unspecified atom stereocenters. The Kier molecular flexibility index (Phi) is 4.40. The Morgan fingerprint density at radius 2 is 2.36 bits per heavy atom. The van der Waals surface area contributed by atoms with Crippen LogP contribution in [0.3, 0.4) is 0 Å². The number of nitrogens with zero attached hydrogens (tertiary/aromatic N) is 1. The average molecular weight is 194 g/mol. The summed E-state index contributed by atoms with van der Waals surface area (Å²) in [6.45, 7) is 2.16. The molecular weight excluding hydrogens is 176 g/mol. The Morgan fingerprint density at radius 1 is 1.57 bits per heavy atom. The highest BCUT2D eigenvalue weighted by atomic mass is 16.5. The Bertz CT molecular complexity index is 276. The molecule has 0 aliphatic rings. The van der Waals surface area contributed by atoms with E-state index < -0.39 is 0 Å². The maximum atomic E-state index is 6.01. The topological polar surface area (TPSA) is 48.1 Å². The fourth-order valence-electron chi connectivity index (χ4n) is 1.41. The monoisotopic (exact) mass is 194 g/mol. The van der Waals surface area contributed by atoms with Crippen molar-refractivity contribution < 1.29 is 4.74 Å². The predicted molar refractivity (Wildman–Crippen MR) is 57.2 cm³/mol. The second-order valence-electron chi connectivity index (χ2n) is 3.34. The molecule has 0 aliphatic heterocycles. The molecule has 0 saturated carbocycles. The average Bonchev–Trinajstić information content (AvgIpc) is 2.25. The van der Waals surface area contributed by atoms with Crippen molar-refractivity contribution in [2.24, 2.45) is 5.73 Å². The zero-order valence-corrected chi connectivity index (χ0v) is 8.86. The van der Waals surface area contributed by atoms with Gasteiger partial charge in [-0.05, 0) is 18.6 Å². The molecule has 0 radical (unpaired) electrons. The number of nitrogens with two attached hydrogens (primary N) is 1. The van der Waals surface area contributed by atoms with Crippen molar-refractivity contribution in [2.45, 2.75) is 32.2 Å². The SMILES string of the molecule is CCCC[C@H](N)c1ncccc1OC. The van der Waals surface area contributed by atoms with Crippen LogP contribution in [-0.4, -0.2) is 12.1 Å². The molecule has 3 nitrogen and oxygen atoms in total. The van der Waals surface area contributed by atoms with Crippen molar-refractivity contribution >= 4 is 0 Å². The molecule has 2 N–H and O–H groups in total. The van der Waals surface area contributed by atoms with E-state index in [1.807, 2.05) is 12.1 Å². The van der Waals surface area contributed by atoms with E-state index in [-0.39, 0.29) is 6.04 Å². The summed E-state index contributed by atoms with van der Waals surface area (Å²) in [7, 11) is 1.65. The summed E-state index contributed by atoms with van der Waals surface area (Å²) >= 11 is 0. The Hall–Kier alpha value is -1.09. The molecule has 0 bridgehead atoms. The van der Waals surface area contributed by atoms with E-state index in [0.29, 0.717) is 0 Å². The minimum Gasteiger partial charge on any atom is -0.495 e. The zero-order chi connectivity index (χ0) is 10.4. The van der Waals surface area contributed by atoms with Crippen molar-refractivity contribution in [2.75, 3.05) is 7.11 Å². The van der Waals surface area contributed by atoms with E-state index in [9.17, 15) is 0 Å². The number of aromatic nitrogens is 1. The van der Waals surface area contributed by atoms with Gasteiger partial charge in [0.1, 0.15) is 5.75 Å². The molecule has 14 heavy (non-hydrogen) atoms. The van der Waals surface area contributed by atoms with Crippen LogP contribution in [0.5, 0.6) is 5.75 Å². The fraction of sp³-hybridized carbons (Fsp3) is 0.545. The lowest BCUT2D eigenvalue weighted by molar-refractivity contribution is 0.399. The van der Waals surface area contributed by atoms with Crippen molar-refractivity contribution in [1.82, 2.24) is 4.98 Å². The molecule has 1 aromatic rings. The largest absolute Gasteiger partial charge is 0.495 e. The van der Waals surface area contributed by atoms with Gasteiger partial charge in [0.05, 0.1) is 18.8 Å². The van der Waals surface area contributed by atoms with Gasteiger partial charge < -0.3 is 10.5 Å². The summed E-state index contributed by atoms with van der Waals surface area (Å²) in [4.78, 5) is 4.25. The molecule has 0 aliphatic carbocycles. The van der Waals surface area contributed by atoms with Crippen LogP contribution in [0.4, 0.5) is 0 Å². The molecule has 1 heterocycles. The van der Waals surface area contributed by atoms with Gasteiger partial charge in [-0.15, -0.1) is 0 Å². The van der Waals surface area contributed by atoms with E-state index in [1.165, 1.54) is 0 Å². The van der Waals surface area contributed by atoms with Crippen molar-refractivity contribution in [3.05, 3.63) is 24.0 Å².